The van der Waals surface area contributed by atoms with Crippen LogP contribution in [0.3, 0.4) is 0 Å². The molecular weight excluding hydrogens is 693 g/mol. The Labute approximate surface area is 351 Å². The smallest absolute Gasteiger partial charge is 0.306 e. The Hall–Kier alpha value is -1.10. The summed E-state index contributed by atoms with van der Waals surface area (Å²) in [5.41, 5.74) is 0. The van der Waals surface area contributed by atoms with Crippen LogP contribution in [0.5, 0.6) is 0 Å². The first-order valence-corrected chi connectivity index (χ1v) is 25.6. The third kappa shape index (κ3) is 45.6. The molecule has 0 rings (SSSR count). The molecule has 0 bridgehead atoms. The minimum Gasteiger partial charge on any atom is -0.462 e. The van der Waals surface area contributed by atoms with Crippen LogP contribution in [-0.2, 0) is 23.8 Å². The second-order valence-corrected chi connectivity index (χ2v) is 17.5. The van der Waals surface area contributed by atoms with Crippen LogP contribution in [-0.4, -0.2) is 37.9 Å². The maximum Gasteiger partial charge on any atom is 0.306 e. The van der Waals surface area contributed by atoms with Crippen molar-refractivity contribution in [2.45, 2.75) is 297 Å². The van der Waals surface area contributed by atoms with E-state index in [-0.39, 0.29) is 18.5 Å². The van der Waals surface area contributed by atoms with Crippen molar-refractivity contribution in [3.05, 3.63) is 0 Å². The number of carbonyl (C=O) groups excluding carboxylic acids is 2. The van der Waals surface area contributed by atoms with Gasteiger partial charge in [-0.25, -0.2) is 0 Å². The zero-order valence-corrected chi connectivity index (χ0v) is 38.4. The van der Waals surface area contributed by atoms with E-state index >= 15 is 0 Å². The molecule has 0 heterocycles. The normalized spacial score (nSPS) is 12.0. The highest BCUT2D eigenvalue weighted by atomic mass is 16.6. The van der Waals surface area contributed by atoms with Gasteiger partial charge < -0.3 is 14.2 Å². The monoisotopic (exact) mass is 793 g/mol. The third-order valence-corrected chi connectivity index (χ3v) is 11.6. The Bertz CT molecular complexity index is 769. The fourth-order valence-corrected chi connectivity index (χ4v) is 7.81. The van der Waals surface area contributed by atoms with Crippen molar-refractivity contribution in [1.82, 2.24) is 0 Å². The van der Waals surface area contributed by atoms with E-state index in [1.807, 2.05) is 0 Å². The molecule has 0 N–H and O–H groups in total. The molecule has 0 aliphatic rings. The number of unbranched alkanes of at least 4 members (excludes halogenated alkanes) is 37. The van der Waals surface area contributed by atoms with E-state index in [0.717, 1.165) is 32.1 Å². The van der Waals surface area contributed by atoms with Gasteiger partial charge in [-0.15, -0.1) is 0 Å². The number of rotatable bonds is 48. The number of hydrogen-bond donors (Lipinski definition) is 0. The van der Waals surface area contributed by atoms with Crippen LogP contribution < -0.4 is 0 Å². The van der Waals surface area contributed by atoms with Crippen LogP contribution >= 0.6 is 0 Å². The lowest BCUT2D eigenvalue weighted by Crippen LogP contribution is -2.30. The van der Waals surface area contributed by atoms with Crippen LogP contribution in [0.25, 0.3) is 0 Å². The van der Waals surface area contributed by atoms with Gasteiger partial charge in [-0.05, 0) is 19.3 Å². The highest BCUT2D eigenvalue weighted by Crippen LogP contribution is 2.16. The summed E-state index contributed by atoms with van der Waals surface area (Å²) in [7, 11) is 0. The lowest BCUT2D eigenvalue weighted by atomic mass is 10.0. The summed E-state index contributed by atoms with van der Waals surface area (Å²) in [5, 5.41) is 0. The summed E-state index contributed by atoms with van der Waals surface area (Å²) in [5.74, 6) is -0.373. The summed E-state index contributed by atoms with van der Waals surface area (Å²) >= 11 is 0. The van der Waals surface area contributed by atoms with Crippen molar-refractivity contribution in [3.63, 3.8) is 0 Å². The molecule has 0 spiro atoms. The van der Waals surface area contributed by atoms with E-state index in [9.17, 15) is 9.59 Å². The van der Waals surface area contributed by atoms with E-state index in [4.69, 9.17) is 14.2 Å². The molecule has 56 heavy (non-hydrogen) atoms. The quantitative estimate of drug-likeness (QED) is 0.0454. The van der Waals surface area contributed by atoms with Crippen molar-refractivity contribution in [2.24, 2.45) is 0 Å². The molecule has 334 valence electrons. The van der Waals surface area contributed by atoms with E-state index < -0.39 is 6.10 Å². The average molecular weight is 793 g/mol. The molecule has 0 amide bonds. The Morgan fingerprint density at radius 2 is 0.589 bits per heavy atom. The zero-order chi connectivity index (χ0) is 40.7. The van der Waals surface area contributed by atoms with Crippen LogP contribution in [0.4, 0.5) is 0 Å². The van der Waals surface area contributed by atoms with Gasteiger partial charge in [0, 0.05) is 19.4 Å². The predicted molar refractivity (Wildman–Crippen MR) is 243 cm³/mol. The zero-order valence-electron chi connectivity index (χ0n) is 38.4. The molecule has 0 saturated heterocycles. The predicted octanol–water partition coefficient (Wildman–Crippen LogP) is 16.9. The van der Waals surface area contributed by atoms with Crippen molar-refractivity contribution >= 4 is 11.9 Å². The Morgan fingerprint density at radius 1 is 0.321 bits per heavy atom. The summed E-state index contributed by atoms with van der Waals surface area (Å²) < 4.78 is 17.4. The fraction of sp³-hybridized carbons (Fsp3) is 0.961. The summed E-state index contributed by atoms with van der Waals surface area (Å²) in [6.07, 6.45) is 52.4. The largest absolute Gasteiger partial charge is 0.462 e. The van der Waals surface area contributed by atoms with Crippen molar-refractivity contribution in [2.75, 3.05) is 19.8 Å². The van der Waals surface area contributed by atoms with Crippen LogP contribution in [0.1, 0.15) is 290 Å². The molecule has 5 heteroatoms. The topological polar surface area (TPSA) is 61.8 Å². The highest BCUT2D eigenvalue weighted by molar-refractivity contribution is 5.70. The Balaban J connectivity index is 4.17. The second-order valence-electron chi connectivity index (χ2n) is 17.5. The molecule has 5 nitrogen and oxygen atoms in total. The number of carbonyl (C=O) groups is 2. The first kappa shape index (κ1) is 54.9. The SMILES string of the molecule is CCCCCCCCCCCCCCCCCCOC[C@H](COC(=O)CCCCCCCCCCCCCC)OC(=O)CCCCCCCCCCCCCC. The molecule has 0 saturated carbocycles. The van der Waals surface area contributed by atoms with Crippen LogP contribution in [0.2, 0.25) is 0 Å². The molecule has 0 aromatic carbocycles. The summed E-state index contributed by atoms with van der Waals surface area (Å²) in [6, 6.07) is 0. The fourth-order valence-electron chi connectivity index (χ4n) is 7.81. The Kier molecular flexibility index (Phi) is 47.3. The maximum atomic E-state index is 12.8. The highest BCUT2D eigenvalue weighted by Gasteiger charge is 2.17. The van der Waals surface area contributed by atoms with E-state index in [0.29, 0.717) is 26.1 Å². The van der Waals surface area contributed by atoms with Gasteiger partial charge >= 0.3 is 11.9 Å². The average Bonchev–Trinajstić information content (AvgIpc) is 3.20. The molecule has 0 fully saturated rings. The molecule has 0 aliphatic heterocycles. The van der Waals surface area contributed by atoms with Crippen molar-refractivity contribution in [3.8, 4) is 0 Å². The van der Waals surface area contributed by atoms with Gasteiger partial charge in [-0.1, -0.05) is 258 Å². The molecular formula is C51H100O5. The van der Waals surface area contributed by atoms with Gasteiger partial charge in [0.25, 0.3) is 0 Å². The standard InChI is InChI=1S/C51H100O5/c1-4-7-10-13-16-19-22-25-26-27-28-31-34-37-40-43-46-54-47-49(56-51(53)45-42-39-36-33-30-24-21-18-15-12-9-6-3)48-55-50(52)44-41-38-35-32-29-23-20-17-14-11-8-5-2/h49H,4-48H2,1-3H3/t49-/m1/s1. The molecule has 0 aromatic rings. The molecule has 0 unspecified atom stereocenters. The van der Waals surface area contributed by atoms with E-state index in [1.54, 1.807) is 0 Å². The van der Waals surface area contributed by atoms with Gasteiger partial charge in [0.05, 0.1) is 6.61 Å². The minimum atomic E-state index is -0.521. The van der Waals surface area contributed by atoms with Crippen molar-refractivity contribution < 1.29 is 23.8 Å². The van der Waals surface area contributed by atoms with E-state index in [2.05, 4.69) is 20.8 Å². The van der Waals surface area contributed by atoms with Gasteiger partial charge in [0.2, 0.25) is 0 Å². The maximum absolute atomic E-state index is 12.8. The third-order valence-electron chi connectivity index (χ3n) is 11.6. The lowest BCUT2D eigenvalue weighted by molar-refractivity contribution is -0.163. The van der Waals surface area contributed by atoms with Crippen molar-refractivity contribution in [1.29, 1.82) is 0 Å². The number of ether oxygens (including phenoxy) is 3. The Morgan fingerprint density at radius 3 is 0.911 bits per heavy atom. The molecule has 0 radical (unpaired) electrons. The number of esters is 2. The minimum absolute atomic E-state index is 0.0975. The lowest BCUT2D eigenvalue weighted by Gasteiger charge is -2.18. The van der Waals surface area contributed by atoms with Gasteiger partial charge in [0.15, 0.2) is 6.10 Å². The van der Waals surface area contributed by atoms with Gasteiger partial charge in [-0.3, -0.25) is 9.59 Å². The van der Waals surface area contributed by atoms with Gasteiger partial charge in [-0.2, -0.15) is 0 Å². The van der Waals surface area contributed by atoms with E-state index in [1.165, 1.54) is 225 Å². The van der Waals surface area contributed by atoms with Crippen LogP contribution in [0.15, 0.2) is 0 Å². The molecule has 1 atom stereocenters. The molecule has 0 aromatic heterocycles. The molecule has 0 aliphatic carbocycles. The first-order chi connectivity index (χ1) is 27.6. The van der Waals surface area contributed by atoms with Crippen LogP contribution in [0, 0.1) is 0 Å². The summed E-state index contributed by atoms with van der Waals surface area (Å²) in [6.45, 7) is 7.89. The summed E-state index contributed by atoms with van der Waals surface area (Å²) in [4.78, 5) is 25.3. The number of hydrogen-bond acceptors (Lipinski definition) is 5. The van der Waals surface area contributed by atoms with Gasteiger partial charge in [0.1, 0.15) is 6.61 Å². The second kappa shape index (κ2) is 48.3. The first-order valence-electron chi connectivity index (χ1n) is 25.6.